The Bertz CT molecular complexity index is 611. The smallest absolute Gasteiger partial charge is 0.308 e. The lowest BCUT2D eigenvalue weighted by Gasteiger charge is -2.34. The van der Waals surface area contributed by atoms with Crippen molar-refractivity contribution in [3.05, 3.63) is 29.8 Å². The van der Waals surface area contributed by atoms with E-state index in [1.165, 1.54) is 0 Å². The van der Waals surface area contributed by atoms with E-state index in [0.717, 1.165) is 31.2 Å². The molecule has 5 heteroatoms. The second kappa shape index (κ2) is 8.37. The highest BCUT2D eigenvalue weighted by Gasteiger charge is 2.32. The van der Waals surface area contributed by atoms with Gasteiger partial charge in [-0.1, -0.05) is 38.5 Å². The number of methoxy groups -OCH3 is 1. The first-order valence-corrected chi connectivity index (χ1v) is 8.95. The monoisotopic (exact) mass is 347 g/mol. The number of para-hydroxylation sites is 1. The molecule has 1 aromatic rings. The molecule has 0 saturated heterocycles. The summed E-state index contributed by atoms with van der Waals surface area (Å²) in [6.07, 6.45) is 4.27. The molecular formula is C20H29NO4. The van der Waals surface area contributed by atoms with E-state index in [0.29, 0.717) is 12.2 Å². The van der Waals surface area contributed by atoms with Crippen molar-refractivity contribution in [1.82, 2.24) is 5.32 Å². The minimum atomic E-state index is -0.907. The van der Waals surface area contributed by atoms with Crippen LogP contribution in [0.25, 0.3) is 0 Å². The number of carboxylic acids is 1. The molecule has 0 aliphatic heterocycles. The molecule has 1 fully saturated rings. The molecular weight excluding hydrogens is 318 g/mol. The van der Waals surface area contributed by atoms with Crippen molar-refractivity contribution >= 4 is 11.9 Å². The first kappa shape index (κ1) is 19.3. The zero-order valence-electron chi connectivity index (χ0n) is 15.4. The van der Waals surface area contributed by atoms with Gasteiger partial charge in [0.2, 0.25) is 5.91 Å². The summed E-state index contributed by atoms with van der Waals surface area (Å²) >= 11 is 0. The summed E-state index contributed by atoms with van der Waals surface area (Å²) in [5, 5.41) is 12.4. The Morgan fingerprint density at radius 1 is 1.36 bits per heavy atom. The normalized spacial score (nSPS) is 20.5. The molecule has 1 aliphatic carbocycles. The van der Waals surface area contributed by atoms with E-state index in [1.54, 1.807) is 7.11 Å². The van der Waals surface area contributed by atoms with Crippen LogP contribution in [0.5, 0.6) is 5.75 Å². The Morgan fingerprint density at radius 3 is 2.72 bits per heavy atom. The van der Waals surface area contributed by atoms with Crippen LogP contribution >= 0.6 is 0 Å². The second-order valence-electron chi connectivity index (χ2n) is 7.75. The van der Waals surface area contributed by atoms with Crippen LogP contribution in [0.15, 0.2) is 24.3 Å². The van der Waals surface area contributed by atoms with E-state index in [4.69, 9.17) is 4.74 Å². The molecule has 1 aliphatic rings. The fraction of sp³-hybridized carbons (Fsp3) is 0.600. The van der Waals surface area contributed by atoms with Crippen molar-refractivity contribution in [3.8, 4) is 5.75 Å². The van der Waals surface area contributed by atoms with Gasteiger partial charge in [0.15, 0.2) is 0 Å². The van der Waals surface area contributed by atoms with E-state index in [-0.39, 0.29) is 23.8 Å². The van der Waals surface area contributed by atoms with E-state index in [9.17, 15) is 14.7 Å². The summed E-state index contributed by atoms with van der Waals surface area (Å²) in [7, 11) is 1.57. The number of amides is 1. The topological polar surface area (TPSA) is 75.6 Å². The Labute approximate surface area is 149 Å². The van der Waals surface area contributed by atoms with Gasteiger partial charge >= 0.3 is 5.97 Å². The molecule has 138 valence electrons. The van der Waals surface area contributed by atoms with Crippen molar-refractivity contribution in [1.29, 1.82) is 0 Å². The number of rotatable bonds is 7. The maximum absolute atomic E-state index is 12.5. The summed E-state index contributed by atoms with van der Waals surface area (Å²) in [5.41, 5.74) is 1.02. The maximum Gasteiger partial charge on any atom is 0.308 e. The van der Waals surface area contributed by atoms with Crippen molar-refractivity contribution in [2.45, 2.75) is 46.0 Å². The summed E-state index contributed by atoms with van der Waals surface area (Å²) < 4.78 is 5.29. The third-order valence-electron chi connectivity index (χ3n) is 5.11. The zero-order valence-corrected chi connectivity index (χ0v) is 15.4. The predicted octanol–water partition coefficient (Wildman–Crippen LogP) is 3.27. The van der Waals surface area contributed by atoms with Gasteiger partial charge < -0.3 is 15.2 Å². The van der Waals surface area contributed by atoms with Crippen LogP contribution in [0.3, 0.4) is 0 Å². The van der Waals surface area contributed by atoms with E-state index in [2.05, 4.69) is 19.2 Å². The van der Waals surface area contributed by atoms with Gasteiger partial charge in [-0.2, -0.15) is 0 Å². The number of hydrogen-bond donors (Lipinski definition) is 2. The predicted molar refractivity (Wildman–Crippen MR) is 96.6 cm³/mol. The van der Waals surface area contributed by atoms with Crippen LogP contribution in [-0.4, -0.2) is 30.6 Å². The van der Waals surface area contributed by atoms with Crippen LogP contribution in [0.4, 0.5) is 0 Å². The number of benzene rings is 1. The zero-order chi connectivity index (χ0) is 18.4. The quantitative estimate of drug-likeness (QED) is 0.794. The summed E-state index contributed by atoms with van der Waals surface area (Å²) in [6, 6.07) is 7.39. The van der Waals surface area contributed by atoms with E-state index >= 15 is 0 Å². The van der Waals surface area contributed by atoms with Crippen molar-refractivity contribution in [3.63, 3.8) is 0 Å². The van der Waals surface area contributed by atoms with Gasteiger partial charge in [-0.05, 0) is 42.7 Å². The van der Waals surface area contributed by atoms with Crippen molar-refractivity contribution in [2.24, 2.45) is 17.3 Å². The molecule has 1 amide bonds. The number of carbonyl (C=O) groups excluding carboxylic acids is 1. The number of aliphatic carboxylic acids is 1. The lowest BCUT2D eigenvalue weighted by molar-refractivity contribution is -0.141. The number of nitrogens with one attached hydrogen (secondary N) is 1. The minimum Gasteiger partial charge on any atom is -0.496 e. The Kier molecular flexibility index (Phi) is 6.45. The van der Waals surface area contributed by atoms with Crippen LogP contribution in [-0.2, 0) is 16.0 Å². The maximum atomic E-state index is 12.5. The summed E-state index contributed by atoms with van der Waals surface area (Å²) in [4.78, 5) is 24.1. The van der Waals surface area contributed by atoms with Crippen molar-refractivity contribution in [2.75, 3.05) is 13.7 Å². The Morgan fingerprint density at radius 2 is 2.08 bits per heavy atom. The molecule has 5 nitrogen and oxygen atoms in total. The van der Waals surface area contributed by atoms with Crippen LogP contribution in [0, 0.1) is 17.3 Å². The lowest BCUT2D eigenvalue weighted by atomic mass is 9.72. The molecule has 1 saturated carbocycles. The third-order valence-corrected chi connectivity index (χ3v) is 5.11. The van der Waals surface area contributed by atoms with Gasteiger partial charge in [-0.25, -0.2) is 0 Å². The number of carboxylic acid groups (broad SMARTS) is 1. The molecule has 2 rings (SSSR count). The van der Waals surface area contributed by atoms with Gasteiger partial charge in [-0.3, -0.25) is 9.59 Å². The van der Waals surface area contributed by atoms with E-state index in [1.807, 2.05) is 24.3 Å². The number of carbonyl (C=O) groups is 2. The van der Waals surface area contributed by atoms with Gasteiger partial charge in [0.1, 0.15) is 5.75 Å². The average Bonchev–Trinajstić information content (AvgIpc) is 2.57. The molecule has 0 heterocycles. The van der Waals surface area contributed by atoms with Gasteiger partial charge in [-0.15, -0.1) is 0 Å². The summed E-state index contributed by atoms with van der Waals surface area (Å²) in [5.74, 6) is -0.926. The van der Waals surface area contributed by atoms with Gasteiger partial charge in [0, 0.05) is 12.5 Å². The Balaban J connectivity index is 1.95. The fourth-order valence-electron chi connectivity index (χ4n) is 3.67. The van der Waals surface area contributed by atoms with Crippen LogP contribution in [0.2, 0.25) is 0 Å². The molecule has 0 bridgehead atoms. The molecule has 25 heavy (non-hydrogen) atoms. The molecule has 0 aromatic heterocycles. The van der Waals surface area contributed by atoms with Crippen LogP contribution < -0.4 is 10.1 Å². The average molecular weight is 347 g/mol. The lowest BCUT2D eigenvalue weighted by Crippen LogP contribution is -2.40. The first-order valence-electron chi connectivity index (χ1n) is 8.95. The van der Waals surface area contributed by atoms with Gasteiger partial charge in [0.05, 0.1) is 13.0 Å². The minimum absolute atomic E-state index is 0.00976. The molecule has 2 N–H and O–H groups in total. The molecule has 0 radical (unpaired) electrons. The second-order valence-corrected chi connectivity index (χ2v) is 7.75. The first-order chi connectivity index (χ1) is 11.8. The van der Waals surface area contributed by atoms with E-state index < -0.39 is 11.9 Å². The summed E-state index contributed by atoms with van der Waals surface area (Å²) in [6.45, 7) is 4.52. The largest absolute Gasteiger partial charge is 0.496 e. The third kappa shape index (κ3) is 5.48. The SMILES string of the molecule is COc1ccccc1CC(CNC(=O)C1CCCC(C)(C)C1)C(=O)O. The van der Waals surface area contributed by atoms with Crippen molar-refractivity contribution < 1.29 is 19.4 Å². The standard InChI is InChI=1S/C20H29NO4/c1-20(2)10-6-8-15(12-20)18(22)21-13-16(19(23)24)11-14-7-4-5-9-17(14)25-3/h4-5,7,9,15-16H,6,8,10-13H2,1-3H3,(H,21,22)(H,23,24). The number of ether oxygens (including phenoxy) is 1. The highest BCUT2D eigenvalue weighted by molar-refractivity contribution is 5.79. The molecule has 2 atom stereocenters. The fourth-order valence-corrected chi connectivity index (χ4v) is 3.67. The molecule has 2 unspecified atom stereocenters. The highest BCUT2D eigenvalue weighted by Crippen LogP contribution is 2.38. The van der Waals surface area contributed by atoms with Gasteiger partial charge in [0.25, 0.3) is 0 Å². The number of hydrogen-bond acceptors (Lipinski definition) is 3. The molecule has 0 spiro atoms. The molecule has 1 aromatic carbocycles. The Hall–Kier alpha value is -2.04. The highest BCUT2D eigenvalue weighted by atomic mass is 16.5. The van der Waals surface area contributed by atoms with Crippen LogP contribution in [0.1, 0.15) is 45.1 Å².